The van der Waals surface area contributed by atoms with Crippen molar-refractivity contribution in [1.82, 2.24) is 5.32 Å². The van der Waals surface area contributed by atoms with E-state index in [0.717, 1.165) is 26.0 Å². The highest BCUT2D eigenvalue weighted by Gasteiger charge is 2.20. The number of carbonyl (C=O) groups is 1. The number of nitrogens with one attached hydrogen (secondary N) is 1. The normalized spacial score (nSPS) is 22.6. The lowest BCUT2D eigenvalue weighted by molar-refractivity contribution is -0.126. The van der Waals surface area contributed by atoms with E-state index in [2.05, 4.69) is 19.2 Å². The van der Waals surface area contributed by atoms with Crippen LogP contribution in [0.15, 0.2) is 0 Å². The molecule has 3 heteroatoms. The van der Waals surface area contributed by atoms with Crippen LogP contribution < -0.4 is 5.32 Å². The van der Waals surface area contributed by atoms with Gasteiger partial charge in [0, 0.05) is 31.5 Å². The van der Waals surface area contributed by atoms with Crippen molar-refractivity contribution in [1.29, 1.82) is 0 Å². The maximum Gasteiger partial charge on any atom is 0.139 e. The first-order chi connectivity index (χ1) is 6.70. The van der Waals surface area contributed by atoms with Crippen LogP contribution >= 0.6 is 0 Å². The molecule has 0 amide bonds. The van der Waals surface area contributed by atoms with Crippen LogP contribution in [0.1, 0.15) is 33.1 Å². The monoisotopic (exact) mass is 199 g/mol. The van der Waals surface area contributed by atoms with E-state index >= 15 is 0 Å². The average Bonchev–Trinajstić information content (AvgIpc) is 2.18. The highest BCUT2D eigenvalue weighted by atomic mass is 16.5. The van der Waals surface area contributed by atoms with Crippen LogP contribution in [0.3, 0.4) is 0 Å². The van der Waals surface area contributed by atoms with E-state index < -0.39 is 0 Å². The molecule has 3 nitrogen and oxygen atoms in total. The first kappa shape index (κ1) is 11.7. The van der Waals surface area contributed by atoms with Gasteiger partial charge in [-0.2, -0.15) is 0 Å². The number of rotatable bonds is 5. The molecule has 1 atom stereocenters. The van der Waals surface area contributed by atoms with Crippen molar-refractivity contribution in [2.45, 2.75) is 39.2 Å². The maximum atomic E-state index is 11.7. The van der Waals surface area contributed by atoms with Gasteiger partial charge in [0.25, 0.3) is 0 Å². The Morgan fingerprint density at radius 3 is 2.93 bits per heavy atom. The van der Waals surface area contributed by atoms with Gasteiger partial charge in [-0.3, -0.25) is 4.79 Å². The zero-order valence-electron chi connectivity index (χ0n) is 9.21. The highest BCUT2D eigenvalue weighted by molar-refractivity contribution is 5.81. The molecular weight excluding hydrogens is 178 g/mol. The van der Waals surface area contributed by atoms with Crippen molar-refractivity contribution in [3.8, 4) is 0 Å². The van der Waals surface area contributed by atoms with Crippen LogP contribution in [0.5, 0.6) is 0 Å². The Morgan fingerprint density at radius 1 is 1.57 bits per heavy atom. The van der Waals surface area contributed by atoms with Crippen molar-refractivity contribution in [3.05, 3.63) is 0 Å². The summed E-state index contributed by atoms with van der Waals surface area (Å²) in [6.07, 6.45) is 2.70. The van der Waals surface area contributed by atoms with Gasteiger partial charge in [-0.15, -0.1) is 0 Å². The van der Waals surface area contributed by atoms with Crippen molar-refractivity contribution in [2.24, 2.45) is 5.92 Å². The largest absolute Gasteiger partial charge is 0.381 e. The molecule has 1 heterocycles. The molecule has 0 aliphatic carbocycles. The van der Waals surface area contributed by atoms with Crippen molar-refractivity contribution in [2.75, 3.05) is 19.8 Å². The van der Waals surface area contributed by atoms with E-state index in [4.69, 9.17) is 4.74 Å². The van der Waals surface area contributed by atoms with Gasteiger partial charge < -0.3 is 10.1 Å². The molecule has 0 aromatic rings. The molecule has 0 aromatic heterocycles. The number of carbonyl (C=O) groups excluding carboxylic acids is 1. The first-order valence-corrected chi connectivity index (χ1v) is 5.54. The molecule has 0 saturated carbocycles. The zero-order valence-corrected chi connectivity index (χ0v) is 9.21. The lowest BCUT2D eigenvalue weighted by Crippen LogP contribution is -2.30. The van der Waals surface area contributed by atoms with Crippen LogP contribution in [0, 0.1) is 5.92 Å². The Hall–Kier alpha value is -0.410. The third kappa shape index (κ3) is 4.20. The molecule has 1 N–H and O–H groups in total. The number of hydrogen-bond donors (Lipinski definition) is 1. The molecule has 0 radical (unpaired) electrons. The maximum absolute atomic E-state index is 11.7. The molecule has 82 valence electrons. The SMILES string of the molecule is CC(C)NCCC(=O)C1CCCOC1. The lowest BCUT2D eigenvalue weighted by atomic mass is 9.95. The van der Waals surface area contributed by atoms with E-state index in [0.29, 0.717) is 24.9 Å². The van der Waals surface area contributed by atoms with Crippen molar-refractivity contribution in [3.63, 3.8) is 0 Å². The van der Waals surface area contributed by atoms with E-state index in [1.54, 1.807) is 0 Å². The molecule has 1 rings (SSSR count). The molecule has 1 fully saturated rings. The Kier molecular flexibility index (Phi) is 5.12. The minimum Gasteiger partial charge on any atom is -0.381 e. The third-order valence-electron chi connectivity index (χ3n) is 2.54. The summed E-state index contributed by atoms with van der Waals surface area (Å²) < 4.78 is 5.29. The van der Waals surface area contributed by atoms with Gasteiger partial charge in [-0.25, -0.2) is 0 Å². The number of Topliss-reactive ketones (excluding diaryl/α,β-unsaturated/α-hetero) is 1. The van der Waals surface area contributed by atoms with Crippen LogP contribution in [-0.4, -0.2) is 31.6 Å². The topological polar surface area (TPSA) is 38.3 Å². The Bertz CT molecular complexity index is 174. The quantitative estimate of drug-likeness (QED) is 0.726. The average molecular weight is 199 g/mol. The van der Waals surface area contributed by atoms with Crippen LogP contribution in [0.4, 0.5) is 0 Å². The fraction of sp³-hybridized carbons (Fsp3) is 0.909. The molecule has 1 saturated heterocycles. The summed E-state index contributed by atoms with van der Waals surface area (Å²) in [5, 5.41) is 3.25. The predicted molar refractivity (Wildman–Crippen MR) is 56.3 cm³/mol. The zero-order chi connectivity index (χ0) is 10.4. The summed E-state index contributed by atoms with van der Waals surface area (Å²) >= 11 is 0. The summed E-state index contributed by atoms with van der Waals surface area (Å²) in [6, 6.07) is 0.463. The molecule has 0 spiro atoms. The fourth-order valence-electron chi connectivity index (χ4n) is 1.68. The molecule has 0 bridgehead atoms. The van der Waals surface area contributed by atoms with Gasteiger partial charge in [0.2, 0.25) is 0 Å². The molecule has 1 aliphatic heterocycles. The molecule has 0 aromatic carbocycles. The van der Waals surface area contributed by atoms with Crippen molar-refractivity contribution >= 4 is 5.78 Å². The highest BCUT2D eigenvalue weighted by Crippen LogP contribution is 2.15. The molecular formula is C11H21NO2. The van der Waals surface area contributed by atoms with E-state index in [9.17, 15) is 4.79 Å². The van der Waals surface area contributed by atoms with E-state index in [1.807, 2.05) is 0 Å². The summed E-state index contributed by atoms with van der Waals surface area (Å²) in [4.78, 5) is 11.7. The second kappa shape index (κ2) is 6.14. The van der Waals surface area contributed by atoms with Crippen LogP contribution in [0.2, 0.25) is 0 Å². The molecule has 14 heavy (non-hydrogen) atoms. The van der Waals surface area contributed by atoms with Gasteiger partial charge in [0.05, 0.1) is 6.61 Å². The smallest absolute Gasteiger partial charge is 0.139 e. The second-order valence-corrected chi connectivity index (χ2v) is 4.24. The Labute approximate surface area is 86.2 Å². The summed E-state index contributed by atoms with van der Waals surface area (Å²) in [5.41, 5.74) is 0. The minimum absolute atomic E-state index is 0.165. The minimum atomic E-state index is 0.165. The fourth-order valence-corrected chi connectivity index (χ4v) is 1.68. The van der Waals surface area contributed by atoms with Gasteiger partial charge in [0.1, 0.15) is 5.78 Å². The van der Waals surface area contributed by atoms with Crippen molar-refractivity contribution < 1.29 is 9.53 Å². The standard InChI is InChI=1S/C11H21NO2/c1-9(2)12-6-5-11(13)10-4-3-7-14-8-10/h9-10,12H,3-8H2,1-2H3. The van der Waals surface area contributed by atoms with E-state index in [1.165, 1.54) is 0 Å². The van der Waals surface area contributed by atoms with E-state index in [-0.39, 0.29) is 5.92 Å². The predicted octanol–water partition coefficient (Wildman–Crippen LogP) is 1.37. The van der Waals surface area contributed by atoms with Gasteiger partial charge in [-0.1, -0.05) is 13.8 Å². The molecule has 1 aliphatic rings. The number of ketones is 1. The first-order valence-electron chi connectivity index (χ1n) is 5.54. The van der Waals surface area contributed by atoms with Gasteiger partial charge >= 0.3 is 0 Å². The molecule has 1 unspecified atom stereocenters. The third-order valence-corrected chi connectivity index (χ3v) is 2.54. The summed E-state index contributed by atoms with van der Waals surface area (Å²) in [6.45, 7) is 6.45. The Morgan fingerprint density at radius 2 is 2.36 bits per heavy atom. The summed E-state index contributed by atoms with van der Waals surface area (Å²) in [7, 11) is 0. The number of hydrogen-bond acceptors (Lipinski definition) is 3. The van der Waals surface area contributed by atoms with Crippen LogP contribution in [-0.2, 0) is 9.53 Å². The van der Waals surface area contributed by atoms with Gasteiger partial charge in [-0.05, 0) is 12.8 Å². The number of ether oxygens (including phenoxy) is 1. The lowest BCUT2D eigenvalue weighted by Gasteiger charge is -2.21. The Balaban J connectivity index is 2.13. The van der Waals surface area contributed by atoms with Crippen LogP contribution in [0.25, 0.3) is 0 Å². The van der Waals surface area contributed by atoms with Gasteiger partial charge in [0.15, 0.2) is 0 Å². The second-order valence-electron chi connectivity index (χ2n) is 4.24. The summed E-state index contributed by atoms with van der Waals surface area (Å²) in [5.74, 6) is 0.524.